The van der Waals surface area contributed by atoms with E-state index < -0.39 is 0 Å². The molecule has 0 aliphatic heterocycles. The van der Waals surface area contributed by atoms with Gasteiger partial charge in [-0.3, -0.25) is 0 Å². The van der Waals surface area contributed by atoms with Gasteiger partial charge in [-0.05, 0) is 24.0 Å². The van der Waals surface area contributed by atoms with Crippen LogP contribution in [-0.4, -0.2) is 15.3 Å². The molecular formula is C13H16N4S. The number of thiol groups is 1. The summed E-state index contributed by atoms with van der Waals surface area (Å²) in [5, 5.41) is 18.0. The zero-order valence-electron chi connectivity index (χ0n) is 10.3. The molecule has 2 rings (SSSR count). The summed E-state index contributed by atoms with van der Waals surface area (Å²) in [6.45, 7) is 0.744. The molecule has 1 fully saturated rings. The Hall–Kier alpha value is -1.46. The number of aromatic nitrogens is 2. The molecule has 1 aliphatic rings. The van der Waals surface area contributed by atoms with E-state index in [1.54, 1.807) is 6.33 Å². The predicted octanol–water partition coefficient (Wildman–Crippen LogP) is 2.51. The van der Waals surface area contributed by atoms with Crippen LogP contribution in [0.1, 0.15) is 43.5 Å². The molecule has 5 heteroatoms. The summed E-state index contributed by atoms with van der Waals surface area (Å²) < 4.78 is 1.82. The highest BCUT2D eigenvalue weighted by Gasteiger charge is 2.32. The van der Waals surface area contributed by atoms with E-state index in [0.29, 0.717) is 5.69 Å². The monoisotopic (exact) mass is 260 g/mol. The zero-order valence-corrected chi connectivity index (χ0v) is 11.2. The summed E-state index contributed by atoms with van der Waals surface area (Å²) in [7, 11) is 0. The van der Waals surface area contributed by atoms with Crippen molar-refractivity contribution in [1.82, 2.24) is 9.55 Å². The molecule has 18 heavy (non-hydrogen) atoms. The Balaban J connectivity index is 2.25. The van der Waals surface area contributed by atoms with Crippen LogP contribution < -0.4 is 0 Å². The Morgan fingerprint density at radius 1 is 1.28 bits per heavy atom. The summed E-state index contributed by atoms with van der Waals surface area (Å²) in [6.07, 6.45) is 7.62. The van der Waals surface area contributed by atoms with Gasteiger partial charge in [-0.2, -0.15) is 23.2 Å². The fourth-order valence-corrected chi connectivity index (χ4v) is 3.15. The first-order valence-corrected chi connectivity index (χ1v) is 6.84. The number of nitrogens with zero attached hydrogens (tertiary/aromatic N) is 4. The van der Waals surface area contributed by atoms with Crippen molar-refractivity contribution >= 4 is 12.6 Å². The normalized spacial score (nSPS) is 17.9. The van der Waals surface area contributed by atoms with Crippen LogP contribution in [0, 0.1) is 28.1 Å². The van der Waals surface area contributed by atoms with Crippen molar-refractivity contribution in [3.63, 3.8) is 0 Å². The third kappa shape index (κ3) is 2.37. The zero-order chi connectivity index (χ0) is 13.0. The number of hydrogen-bond donors (Lipinski definition) is 1. The van der Waals surface area contributed by atoms with Crippen molar-refractivity contribution in [3.8, 4) is 12.1 Å². The second-order valence-corrected chi connectivity index (χ2v) is 5.33. The van der Waals surface area contributed by atoms with Crippen LogP contribution in [-0.2, 0) is 6.54 Å². The molecule has 1 saturated carbocycles. The molecular weight excluding hydrogens is 244 g/mol. The Labute approximate surface area is 113 Å². The molecule has 0 saturated heterocycles. The van der Waals surface area contributed by atoms with E-state index in [-0.39, 0.29) is 11.1 Å². The first-order chi connectivity index (χ1) is 8.74. The Morgan fingerprint density at radius 3 is 2.56 bits per heavy atom. The fourth-order valence-electron chi connectivity index (χ4n) is 2.73. The van der Waals surface area contributed by atoms with Gasteiger partial charge in [-0.25, -0.2) is 4.98 Å². The Bertz CT molecular complexity index is 500. The smallest absolute Gasteiger partial charge is 0.176 e. The summed E-state index contributed by atoms with van der Waals surface area (Å²) in [5.74, 6) is 0.817. The number of rotatable bonds is 3. The van der Waals surface area contributed by atoms with E-state index in [1.807, 2.05) is 10.6 Å². The third-order valence-electron chi connectivity index (χ3n) is 3.80. The SMILES string of the molecule is N#Cc1ncn(CC2(CS)CCCCC2)c1C#N. The Morgan fingerprint density at radius 2 is 2.00 bits per heavy atom. The van der Waals surface area contributed by atoms with Crippen LogP contribution in [0.2, 0.25) is 0 Å². The molecule has 1 aromatic heterocycles. The van der Waals surface area contributed by atoms with Crippen LogP contribution in [0.25, 0.3) is 0 Å². The molecule has 1 aromatic rings. The summed E-state index contributed by atoms with van der Waals surface area (Å²) in [6, 6.07) is 4.04. The van der Waals surface area contributed by atoms with Gasteiger partial charge in [0, 0.05) is 6.54 Å². The van der Waals surface area contributed by atoms with Gasteiger partial charge in [-0.15, -0.1) is 0 Å². The van der Waals surface area contributed by atoms with Crippen molar-refractivity contribution < 1.29 is 0 Å². The van der Waals surface area contributed by atoms with Gasteiger partial charge in [0.15, 0.2) is 11.4 Å². The van der Waals surface area contributed by atoms with Gasteiger partial charge in [0.25, 0.3) is 0 Å². The Kier molecular flexibility index (Phi) is 3.93. The predicted molar refractivity (Wildman–Crippen MR) is 71.0 cm³/mol. The lowest BCUT2D eigenvalue weighted by molar-refractivity contribution is 0.189. The number of hydrogen-bond acceptors (Lipinski definition) is 4. The van der Waals surface area contributed by atoms with E-state index in [2.05, 4.69) is 23.7 Å². The van der Waals surface area contributed by atoms with Gasteiger partial charge >= 0.3 is 0 Å². The average Bonchev–Trinajstić information content (AvgIpc) is 2.81. The van der Waals surface area contributed by atoms with E-state index in [4.69, 9.17) is 10.5 Å². The highest BCUT2D eigenvalue weighted by Crippen LogP contribution is 2.39. The molecule has 0 unspecified atom stereocenters. The number of imidazole rings is 1. The highest BCUT2D eigenvalue weighted by molar-refractivity contribution is 7.80. The minimum absolute atomic E-state index is 0.153. The molecule has 94 valence electrons. The van der Waals surface area contributed by atoms with Gasteiger partial charge < -0.3 is 4.57 Å². The molecule has 0 bridgehead atoms. The maximum Gasteiger partial charge on any atom is 0.176 e. The number of nitriles is 2. The van der Waals surface area contributed by atoms with Crippen LogP contribution in [0.5, 0.6) is 0 Å². The standard InChI is InChI=1S/C13H16N4S/c14-6-11-12(7-15)17(10-16-11)8-13(9-18)4-2-1-3-5-13/h10,18H,1-5,8-9H2. The largest absolute Gasteiger partial charge is 0.321 e. The van der Waals surface area contributed by atoms with E-state index in [9.17, 15) is 0 Å². The fraction of sp³-hybridized carbons (Fsp3) is 0.615. The molecule has 0 spiro atoms. The quantitative estimate of drug-likeness (QED) is 0.849. The minimum atomic E-state index is 0.153. The van der Waals surface area contributed by atoms with Crippen LogP contribution in [0.3, 0.4) is 0 Å². The average molecular weight is 260 g/mol. The van der Waals surface area contributed by atoms with Gasteiger partial charge in [0.1, 0.15) is 12.1 Å². The molecule has 0 radical (unpaired) electrons. The maximum absolute atomic E-state index is 9.12. The van der Waals surface area contributed by atoms with Crippen molar-refractivity contribution in [3.05, 3.63) is 17.7 Å². The second-order valence-electron chi connectivity index (χ2n) is 5.01. The van der Waals surface area contributed by atoms with Crippen LogP contribution >= 0.6 is 12.6 Å². The van der Waals surface area contributed by atoms with Crippen molar-refractivity contribution in [1.29, 1.82) is 10.5 Å². The van der Waals surface area contributed by atoms with Gasteiger partial charge in [0.2, 0.25) is 0 Å². The molecule has 0 amide bonds. The molecule has 4 nitrogen and oxygen atoms in total. The minimum Gasteiger partial charge on any atom is -0.321 e. The van der Waals surface area contributed by atoms with E-state index in [1.165, 1.54) is 19.3 Å². The van der Waals surface area contributed by atoms with E-state index in [0.717, 1.165) is 25.1 Å². The van der Waals surface area contributed by atoms with Crippen molar-refractivity contribution in [2.75, 3.05) is 5.75 Å². The summed E-state index contributed by atoms with van der Waals surface area (Å²) in [5.41, 5.74) is 0.757. The maximum atomic E-state index is 9.12. The summed E-state index contributed by atoms with van der Waals surface area (Å²) in [4.78, 5) is 3.99. The lowest BCUT2D eigenvalue weighted by Crippen LogP contribution is -2.31. The first kappa shape index (κ1) is 13.0. The first-order valence-electron chi connectivity index (χ1n) is 6.21. The van der Waals surface area contributed by atoms with Gasteiger partial charge in [0.05, 0.1) is 6.33 Å². The molecule has 1 heterocycles. The van der Waals surface area contributed by atoms with Crippen molar-refractivity contribution in [2.24, 2.45) is 5.41 Å². The van der Waals surface area contributed by atoms with Crippen molar-refractivity contribution in [2.45, 2.75) is 38.6 Å². The topological polar surface area (TPSA) is 65.4 Å². The third-order valence-corrected chi connectivity index (χ3v) is 4.48. The second kappa shape index (κ2) is 5.46. The van der Waals surface area contributed by atoms with Crippen LogP contribution in [0.15, 0.2) is 6.33 Å². The molecule has 0 aromatic carbocycles. The van der Waals surface area contributed by atoms with Gasteiger partial charge in [-0.1, -0.05) is 19.3 Å². The molecule has 0 atom stereocenters. The lowest BCUT2D eigenvalue weighted by atomic mass is 9.75. The molecule has 0 N–H and O–H groups in total. The summed E-state index contributed by atoms with van der Waals surface area (Å²) >= 11 is 4.49. The van der Waals surface area contributed by atoms with E-state index >= 15 is 0 Å². The molecule has 1 aliphatic carbocycles. The van der Waals surface area contributed by atoms with Crippen LogP contribution in [0.4, 0.5) is 0 Å². The lowest BCUT2D eigenvalue weighted by Gasteiger charge is -2.36. The highest BCUT2D eigenvalue weighted by atomic mass is 32.1.